The van der Waals surface area contributed by atoms with Gasteiger partial charge in [0.05, 0.1) is 13.1 Å². The van der Waals surface area contributed by atoms with Crippen LogP contribution in [0.5, 0.6) is 0 Å². The zero-order valence-corrected chi connectivity index (χ0v) is 12.4. The number of carbonyl (C=O) groups excluding carboxylic acids is 2. The molecule has 0 aromatic heterocycles. The van der Waals surface area contributed by atoms with E-state index in [2.05, 4.69) is 34.3 Å². The fourth-order valence-corrected chi connectivity index (χ4v) is 2.69. The summed E-state index contributed by atoms with van der Waals surface area (Å²) < 4.78 is 0. The summed E-state index contributed by atoms with van der Waals surface area (Å²) in [5.41, 5.74) is 2.57. The van der Waals surface area contributed by atoms with E-state index >= 15 is 0 Å². The average Bonchev–Trinajstić information content (AvgIpc) is 2.56. The maximum Gasteiger partial charge on any atom is 0.234 e. The number of rotatable bonds is 8. The van der Waals surface area contributed by atoms with Gasteiger partial charge >= 0.3 is 0 Å². The van der Waals surface area contributed by atoms with E-state index in [0.29, 0.717) is 13.1 Å². The Morgan fingerprint density at radius 2 is 1.50 bits per heavy atom. The summed E-state index contributed by atoms with van der Waals surface area (Å²) in [5, 5.41) is 2.46. The number of aliphatic imine (C=N–C) groups is 2. The van der Waals surface area contributed by atoms with Crippen LogP contribution in [0.15, 0.2) is 46.4 Å². The standard InChI is InChI=1S/C18H18N2O2/c21-13-19-11-3-6-16-10-9-15-5-1-2-7-17(15)18(16)8-4-12-20-14-22/h1-2,5,7,9-10H,3-4,6,8,11-12H2. The van der Waals surface area contributed by atoms with Crippen LogP contribution < -0.4 is 0 Å². The lowest BCUT2D eigenvalue weighted by Crippen LogP contribution is -1.99. The number of fused-ring (bicyclic) bond motifs is 1. The zero-order valence-electron chi connectivity index (χ0n) is 12.4. The van der Waals surface area contributed by atoms with Crippen LogP contribution >= 0.6 is 0 Å². The van der Waals surface area contributed by atoms with Crippen molar-refractivity contribution in [2.24, 2.45) is 9.98 Å². The van der Waals surface area contributed by atoms with Crippen molar-refractivity contribution >= 4 is 22.9 Å². The molecule has 0 spiro atoms. The van der Waals surface area contributed by atoms with Gasteiger partial charge < -0.3 is 0 Å². The maximum atomic E-state index is 10.2. The summed E-state index contributed by atoms with van der Waals surface area (Å²) in [6.07, 6.45) is 6.55. The van der Waals surface area contributed by atoms with E-state index in [1.54, 1.807) is 12.2 Å². The van der Waals surface area contributed by atoms with Gasteiger partial charge in [-0.25, -0.2) is 19.6 Å². The molecule has 0 heterocycles. The van der Waals surface area contributed by atoms with E-state index in [1.165, 1.54) is 21.9 Å². The molecule has 0 saturated heterocycles. The predicted octanol–water partition coefficient (Wildman–Crippen LogP) is 3.38. The van der Waals surface area contributed by atoms with E-state index in [1.807, 2.05) is 12.1 Å². The molecule has 2 aromatic carbocycles. The first kappa shape index (κ1) is 15.8. The summed E-state index contributed by atoms with van der Waals surface area (Å²) in [6, 6.07) is 12.6. The van der Waals surface area contributed by atoms with Crippen LogP contribution in [0.2, 0.25) is 0 Å². The van der Waals surface area contributed by atoms with Gasteiger partial charge in [0.2, 0.25) is 12.2 Å². The highest BCUT2D eigenvalue weighted by Crippen LogP contribution is 2.25. The molecule has 0 aliphatic rings. The Morgan fingerprint density at radius 1 is 0.818 bits per heavy atom. The monoisotopic (exact) mass is 294 g/mol. The molecule has 4 nitrogen and oxygen atoms in total. The lowest BCUT2D eigenvalue weighted by Gasteiger charge is -2.12. The Bertz CT molecular complexity index is 727. The van der Waals surface area contributed by atoms with Crippen molar-refractivity contribution in [2.45, 2.75) is 25.7 Å². The first-order valence-corrected chi connectivity index (χ1v) is 7.43. The third kappa shape index (κ3) is 4.23. The molecule has 0 amide bonds. The van der Waals surface area contributed by atoms with Gasteiger partial charge in [0.1, 0.15) is 0 Å². The normalized spacial score (nSPS) is 10.0. The van der Waals surface area contributed by atoms with Crippen LogP contribution in [0.1, 0.15) is 24.0 Å². The Hall–Kier alpha value is -2.54. The third-order valence-electron chi connectivity index (χ3n) is 3.68. The van der Waals surface area contributed by atoms with Crippen molar-refractivity contribution in [2.75, 3.05) is 13.1 Å². The predicted molar refractivity (Wildman–Crippen MR) is 86.6 cm³/mol. The fraction of sp³-hybridized carbons (Fsp3) is 0.333. The van der Waals surface area contributed by atoms with Gasteiger partial charge in [0.15, 0.2) is 0 Å². The van der Waals surface area contributed by atoms with Crippen LogP contribution in [-0.4, -0.2) is 25.2 Å². The molecule has 22 heavy (non-hydrogen) atoms. The molecule has 0 bridgehead atoms. The van der Waals surface area contributed by atoms with E-state index in [9.17, 15) is 9.59 Å². The minimum absolute atomic E-state index is 0.502. The maximum absolute atomic E-state index is 10.2. The SMILES string of the molecule is O=C=NCCCc1ccc2ccccc2c1CCCN=C=O. The summed E-state index contributed by atoms with van der Waals surface area (Å²) in [6.45, 7) is 1.01. The van der Waals surface area contributed by atoms with Gasteiger partial charge in [-0.05, 0) is 47.6 Å². The van der Waals surface area contributed by atoms with Crippen molar-refractivity contribution in [3.8, 4) is 0 Å². The molecular weight excluding hydrogens is 276 g/mol. The second kappa shape index (κ2) is 8.68. The lowest BCUT2D eigenvalue weighted by molar-refractivity contribution is 0.561. The number of isocyanates is 2. The summed E-state index contributed by atoms with van der Waals surface area (Å²) in [7, 11) is 0. The molecule has 0 saturated carbocycles. The van der Waals surface area contributed by atoms with Gasteiger partial charge in [-0.15, -0.1) is 0 Å². The molecule has 0 fully saturated rings. The number of benzene rings is 2. The first-order valence-electron chi connectivity index (χ1n) is 7.43. The van der Waals surface area contributed by atoms with E-state index < -0.39 is 0 Å². The molecule has 0 atom stereocenters. The van der Waals surface area contributed by atoms with E-state index in [0.717, 1.165) is 25.7 Å². The average molecular weight is 294 g/mol. The van der Waals surface area contributed by atoms with Gasteiger partial charge in [0, 0.05) is 0 Å². The van der Waals surface area contributed by atoms with Gasteiger partial charge in [0.25, 0.3) is 0 Å². The quantitative estimate of drug-likeness (QED) is 0.426. The second-order valence-electron chi connectivity index (χ2n) is 5.08. The van der Waals surface area contributed by atoms with Crippen molar-refractivity contribution in [3.63, 3.8) is 0 Å². The fourth-order valence-electron chi connectivity index (χ4n) is 2.69. The number of hydrogen-bond donors (Lipinski definition) is 0. The van der Waals surface area contributed by atoms with Crippen LogP contribution in [0, 0.1) is 0 Å². The zero-order chi connectivity index (χ0) is 15.6. The van der Waals surface area contributed by atoms with Gasteiger partial charge in [-0.3, -0.25) is 0 Å². The highest BCUT2D eigenvalue weighted by atomic mass is 16.1. The topological polar surface area (TPSA) is 58.9 Å². The second-order valence-corrected chi connectivity index (χ2v) is 5.08. The van der Waals surface area contributed by atoms with Crippen molar-refractivity contribution < 1.29 is 9.59 Å². The summed E-state index contributed by atoms with van der Waals surface area (Å²) >= 11 is 0. The highest BCUT2D eigenvalue weighted by Gasteiger charge is 2.07. The Kier molecular flexibility index (Phi) is 6.25. The lowest BCUT2D eigenvalue weighted by atomic mass is 9.93. The molecule has 0 aliphatic carbocycles. The van der Waals surface area contributed by atoms with Crippen LogP contribution in [0.4, 0.5) is 0 Å². The molecular formula is C18H18N2O2. The Labute approximate surface area is 129 Å². The van der Waals surface area contributed by atoms with Crippen LogP contribution in [0.25, 0.3) is 10.8 Å². The molecule has 0 unspecified atom stereocenters. The Morgan fingerprint density at radius 3 is 2.23 bits per heavy atom. The van der Waals surface area contributed by atoms with Crippen molar-refractivity contribution in [3.05, 3.63) is 47.5 Å². The third-order valence-corrected chi connectivity index (χ3v) is 3.68. The molecule has 0 N–H and O–H groups in total. The number of aryl methyl sites for hydroxylation is 2. The molecule has 4 heteroatoms. The molecule has 0 aliphatic heterocycles. The minimum Gasteiger partial charge on any atom is -0.211 e. The van der Waals surface area contributed by atoms with Gasteiger partial charge in [-0.1, -0.05) is 36.4 Å². The molecule has 2 aromatic rings. The minimum atomic E-state index is 0.502. The van der Waals surface area contributed by atoms with Crippen LogP contribution in [0.3, 0.4) is 0 Å². The van der Waals surface area contributed by atoms with Gasteiger partial charge in [-0.2, -0.15) is 0 Å². The summed E-state index contributed by atoms with van der Waals surface area (Å²) in [5.74, 6) is 0. The molecule has 0 radical (unpaired) electrons. The van der Waals surface area contributed by atoms with E-state index in [-0.39, 0.29) is 0 Å². The van der Waals surface area contributed by atoms with Crippen molar-refractivity contribution in [1.29, 1.82) is 0 Å². The summed E-state index contributed by atoms with van der Waals surface area (Å²) in [4.78, 5) is 27.5. The first-order chi connectivity index (χ1) is 10.9. The largest absolute Gasteiger partial charge is 0.234 e. The highest BCUT2D eigenvalue weighted by molar-refractivity contribution is 5.86. The van der Waals surface area contributed by atoms with Crippen molar-refractivity contribution in [1.82, 2.24) is 0 Å². The molecule has 112 valence electrons. The van der Waals surface area contributed by atoms with Crippen LogP contribution in [-0.2, 0) is 22.4 Å². The number of hydrogen-bond acceptors (Lipinski definition) is 4. The molecule has 2 rings (SSSR count). The van der Waals surface area contributed by atoms with E-state index in [4.69, 9.17) is 0 Å². The Balaban J connectivity index is 2.24. The number of nitrogens with zero attached hydrogens (tertiary/aromatic N) is 2. The smallest absolute Gasteiger partial charge is 0.211 e.